The molecule has 7 aromatic rings. The van der Waals surface area contributed by atoms with Crippen molar-refractivity contribution in [3.63, 3.8) is 0 Å². The molecule has 2 aliphatic rings. The van der Waals surface area contributed by atoms with Crippen molar-refractivity contribution < 1.29 is 71.2 Å². The third kappa shape index (κ3) is 37.3. The van der Waals surface area contributed by atoms with Crippen molar-refractivity contribution in [1.29, 1.82) is 0 Å². The van der Waals surface area contributed by atoms with Gasteiger partial charge in [-0.3, -0.25) is 9.59 Å². The van der Waals surface area contributed by atoms with Crippen LogP contribution >= 0.6 is 0 Å². The highest BCUT2D eigenvalue weighted by molar-refractivity contribution is 5.70. The molecule has 0 N–H and O–H groups in total. The van der Waals surface area contributed by atoms with Crippen LogP contribution in [0.3, 0.4) is 0 Å². The number of hydrogen-bond donors (Lipinski definition) is 0. The first-order valence-electron chi connectivity index (χ1n) is 44.3. The molecule has 0 saturated carbocycles. The van der Waals surface area contributed by atoms with Gasteiger partial charge in [-0.05, 0) is 51.8 Å². The quantitative estimate of drug-likeness (QED) is 0.0262. The Balaban J connectivity index is 0.977. The first kappa shape index (κ1) is 91.9. The summed E-state index contributed by atoms with van der Waals surface area (Å²) in [6, 6.07) is 70.2. The van der Waals surface area contributed by atoms with Gasteiger partial charge in [-0.1, -0.05) is 406 Å². The zero-order valence-corrected chi connectivity index (χ0v) is 69.6. The molecule has 0 aliphatic carbocycles. The number of hydrogen-bond acceptors (Lipinski definition) is 15. The summed E-state index contributed by atoms with van der Waals surface area (Å²) in [6.07, 6.45) is 26.9. The molecule has 15 nitrogen and oxygen atoms in total. The fourth-order valence-electron chi connectivity index (χ4n) is 15.2. The van der Waals surface area contributed by atoms with E-state index in [1.54, 1.807) is 0 Å². The van der Waals surface area contributed by atoms with Crippen LogP contribution in [0.5, 0.6) is 0 Å². The molecule has 2 aliphatic heterocycles. The lowest BCUT2D eigenvalue weighted by Gasteiger charge is -2.48. The van der Waals surface area contributed by atoms with E-state index in [1.807, 2.05) is 212 Å². The summed E-state index contributed by atoms with van der Waals surface area (Å²) in [7, 11) is 0. The lowest BCUT2D eigenvalue weighted by Crippen LogP contribution is -2.64. The highest BCUT2D eigenvalue weighted by Gasteiger charge is 2.53. The van der Waals surface area contributed by atoms with Crippen LogP contribution in [0.4, 0.5) is 0 Å². The van der Waals surface area contributed by atoms with E-state index >= 15 is 0 Å². The smallest absolute Gasteiger partial charge is 0.306 e. The van der Waals surface area contributed by atoms with Gasteiger partial charge < -0.3 is 61.6 Å². The maximum atomic E-state index is 14.2. The normalized spacial score (nSPS) is 19.8. The van der Waals surface area contributed by atoms with Gasteiger partial charge in [0.25, 0.3) is 0 Å². The monoisotopic (exact) mass is 1580 g/mol. The topological polar surface area (TPSA) is 154 Å². The van der Waals surface area contributed by atoms with Crippen LogP contribution in [0.15, 0.2) is 212 Å². The Morgan fingerprint density at radius 2 is 0.530 bits per heavy atom. The number of ether oxygens (including phenoxy) is 13. The average Bonchev–Trinajstić information content (AvgIpc) is 0.781. The Morgan fingerprint density at radius 1 is 0.270 bits per heavy atom. The second kappa shape index (κ2) is 58.0. The molecule has 15 heteroatoms. The molecule has 11 atom stereocenters. The maximum absolute atomic E-state index is 14.2. The van der Waals surface area contributed by atoms with Crippen molar-refractivity contribution in [2.24, 2.45) is 0 Å². The molecular formula is C100H138O15. The second-order valence-electron chi connectivity index (χ2n) is 31.5. The summed E-state index contributed by atoms with van der Waals surface area (Å²) >= 11 is 0. The molecular weight excluding hydrogens is 1440 g/mol. The van der Waals surface area contributed by atoms with E-state index in [0.29, 0.717) is 19.4 Å². The van der Waals surface area contributed by atoms with Crippen molar-refractivity contribution in [2.75, 3.05) is 26.4 Å². The zero-order valence-electron chi connectivity index (χ0n) is 69.6. The van der Waals surface area contributed by atoms with E-state index in [-0.39, 0.29) is 90.8 Å². The Morgan fingerprint density at radius 3 is 0.852 bits per heavy atom. The van der Waals surface area contributed by atoms with Gasteiger partial charge in [0, 0.05) is 12.8 Å². The minimum Gasteiger partial charge on any atom is -0.462 e. The number of benzene rings is 7. The predicted molar refractivity (Wildman–Crippen MR) is 455 cm³/mol. The Kier molecular flexibility index (Phi) is 46.4. The Bertz CT molecular complexity index is 3510. The number of esters is 2. The van der Waals surface area contributed by atoms with Crippen LogP contribution in [0, 0.1) is 0 Å². The van der Waals surface area contributed by atoms with Crippen LogP contribution in [0.25, 0.3) is 0 Å². The third-order valence-corrected chi connectivity index (χ3v) is 21.9. The standard InChI is InChI=1S/C100H138O15/c1-3-5-7-9-11-13-15-17-19-21-23-25-27-29-52-68-91(101)104-77-88(113-92(102)69-53-30-28-26-24-22-20-18-16-14-12-10-8-6-4-2)78-111-99-97(109-75-86-64-48-36-49-65-86)96(108-74-85-62-46-35-47-63-85)94(106-72-83-58-42-33-43-59-83)90(115-99)80-112-100-98(110-76-87-66-50-37-51-67-87)95(107-73-84-60-44-34-45-61-84)93(105-71-82-56-40-32-41-57-82)89(114-100)79-103-70-81-54-38-31-39-55-81/h31-51,54-67,88-90,93-100H,3-30,52-53,68-80H2,1-2H3/t88?,89-,90-,93-,94-,95+,96+,97+,98+,99+,100+/m1/s1. The molecule has 1 unspecified atom stereocenters. The molecule has 0 spiro atoms. The van der Waals surface area contributed by atoms with Crippen LogP contribution in [-0.2, 0) is 117 Å². The first-order valence-corrected chi connectivity index (χ1v) is 44.3. The molecule has 0 aromatic heterocycles. The van der Waals surface area contributed by atoms with Crippen molar-refractivity contribution in [3.8, 4) is 0 Å². The summed E-state index contributed by atoms with van der Waals surface area (Å²) in [4.78, 5) is 28.0. The highest BCUT2D eigenvalue weighted by atomic mass is 16.8. The minimum atomic E-state index is -1.21. The van der Waals surface area contributed by atoms with E-state index < -0.39 is 67.5 Å². The van der Waals surface area contributed by atoms with Crippen LogP contribution < -0.4 is 0 Å². The molecule has 0 bridgehead atoms. The summed E-state index contributed by atoms with van der Waals surface area (Å²) in [5.74, 6) is -0.726. The third-order valence-electron chi connectivity index (χ3n) is 21.9. The highest BCUT2D eigenvalue weighted by Crippen LogP contribution is 2.36. The van der Waals surface area contributed by atoms with E-state index in [1.165, 1.54) is 141 Å². The van der Waals surface area contributed by atoms with Crippen molar-refractivity contribution in [3.05, 3.63) is 251 Å². The van der Waals surface area contributed by atoms with Gasteiger partial charge in [0.15, 0.2) is 18.7 Å². The SMILES string of the molecule is CCCCCCCCCCCCCCCCCC(=O)OCC(CO[C@H]1O[C@H](CO[C@H]2O[C@H](COCc3ccccc3)[C@@H](OCc3ccccc3)[C@H](OCc3ccccc3)[C@@H]2OCc2ccccc2)[C@@H](OCc2ccccc2)[C@H](OCc2ccccc2)[C@@H]1OCc1ccccc1)OC(=O)CCCCCCCCCCCCCCCCC. The Labute approximate surface area is 690 Å². The second-order valence-corrected chi connectivity index (χ2v) is 31.5. The van der Waals surface area contributed by atoms with E-state index in [9.17, 15) is 9.59 Å². The summed E-state index contributed by atoms with van der Waals surface area (Å²) in [6.45, 7) is 5.58. The van der Waals surface area contributed by atoms with E-state index in [4.69, 9.17) is 61.6 Å². The van der Waals surface area contributed by atoms with E-state index in [2.05, 4.69) is 13.8 Å². The zero-order chi connectivity index (χ0) is 79.9. The molecule has 115 heavy (non-hydrogen) atoms. The molecule has 2 heterocycles. The van der Waals surface area contributed by atoms with Gasteiger partial charge in [0.1, 0.15) is 55.4 Å². The molecule has 2 fully saturated rings. The predicted octanol–water partition coefficient (Wildman–Crippen LogP) is 23.2. The lowest BCUT2D eigenvalue weighted by atomic mass is 9.96. The molecule has 628 valence electrons. The van der Waals surface area contributed by atoms with Crippen molar-refractivity contribution >= 4 is 11.9 Å². The molecule has 7 aromatic carbocycles. The van der Waals surface area contributed by atoms with Gasteiger partial charge >= 0.3 is 11.9 Å². The largest absolute Gasteiger partial charge is 0.462 e. The fourth-order valence-corrected chi connectivity index (χ4v) is 15.2. The van der Waals surface area contributed by atoms with Crippen molar-refractivity contribution in [2.45, 2.75) is 333 Å². The molecule has 9 rings (SSSR count). The van der Waals surface area contributed by atoms with E-state index in [0.717, 1.165) is 77.5 Å². The number of rotatable bonds is 63. The van der Waals surface area contributed by atoms with Gasteiger partial charge in [-0.15, -0.1) is 0 Å². The van der Waals surface area contributed by atoms with Crippen LogP contribution in [0.1, 0.15) is 258 Å². The van der Waals surface area contributed by atoms with Gasteiger partial charge in [0.05, 0.1) is 66.1 Å². The number of carbonyl (C=O) groups excluding carboxylic acids is 2. The van der Waals surface area contributed by atoms with Crippen molar-refractivity contribution in [1.82, 2.24) is 0 Å². The van der Waals surface area contributed by atoms with Crippen LogP contribution in [-0.4, -0.2) is 106 Å². The molecule has 2 saturated heterocycles. The lowest BCUT2D eigenvalue weighted by molar-refractivity contribution is -0.354. The molecule has 0 amide bonds. The maximum Gasteiger partial charge on any atom is 0.306 e. The fraction of sp³-hybridized carbons (Fsp3) is 0.560. The number of unbranched alkanes of at least 4 members (excludes halogenated alkanes) is 28. The summed E-state index contributed by atoms with van der Waals surface area (Å²) < 4.78 is 91.1. The minimum absolute atomic E-state index is 0.110. The number of carbonyl (C=O) groups is 2. The summed E-state index contributed by atoms with van der Waals surface area (Å²) in [5, 5.41) is 0. The molecule has 0 radical (unpaired) electrons. The van der Waals surface area contributed by atoms with Gasteiger partial charge in [-0.2, -0.15) is 0 Å². The average molecular weight is 1580 g/mol. The first-order chi connectivity index (χ1) is 56.9. The van der Waals surface area contributed by atoms with Gasteiger partial charge in [0.2, 0.25) is 0 Å². The van der Waals surface area contributed by atoms with Gasteiger partial charge in [-0.25, -0.2) is 0 Å². The Hall–Kier alpha value is -6.96. The van der Waals surface area contributed by atoms with Crippen LogP contribution in [0.2, 0.25) is 0 Å². The summed E-state index contributed by atoms with van der Waals surface area (Å²) in [5.41, 5.74) is 6.64.